The number of hydrogen-bond acceptors (Lipinski definition) is 5. The molecule has 12 heavy (non-hydrogen) atoms. The highest BCUT2D eigenvalue weighted by Gasteiger charge is 2.03. The summed E-state index contributed by atoms with van der Waals surface area (Å²) in [5.41, 5.74) is 6.11. The second kappa shape index (κ2) is 3.17. The lowest BCUT2D eigenvalue weighted by atomic mass is 10.3. The molecule has 0 saturated heterocycles. The summed E-state index contributed by atoms with van der Waals surface area (Å²) in [5.74, 6) is 0.596. The van der Waals surface area contributed by atoms with Gasteiger partial charge >= 0.3 is 6.01 Å². The van der Waals surface area contributed by atoms with Gasteiger partial charge in [0, 0.05) is 0 Å². The smallest absolute Gasteiger partial charge is 0.321 e. The van der Waals surface area contributed by atoms with Crippen LogP contribution in [-0.2, 0) is 0 Å². The van der Waals surface area contributed by atoms with E-state index < -0.39 is 0 Å². The van der Waals surface area contributed by atoms with Crippen LogP contribution in [0, 0.1) is 0 Å². The van der Waals surface area contributed by atoms with Crippen LogP contribution in [-0.4, -0.2) is 22.1 Å². The summed E-state index contributed by atoms with van der Waals surface area (Å²) in [6.45, 7) is 5.46. The molecule has 0 amide bonds. The number of anilines is 1. The molecule has 2 N–H and O–H groups in total. The lowest BCUT2D eigenvalue weighted by Crippen LogP contribution is -2.03. The highest BCUT2D eigenvalue weighted by atomic mass is 16.5. The van der Waals surface area contributed by atoms with Gasteiger partial charge in [-0.2, -0.15) is 15.0 Å². The third-order valence-corrected chi connectivity index (χ3v) is 1.20. The molecule has 0 spiro atoms. The molecule has 0 fully saturated rings. The normalized spacial score (nSPS) is 9.50. The largest absolute Gasteiger partial charge is 0.467 e. The molecular weight excluding hydrogens is 156 g/mol. The Balaban J connectivity index is 3.15. The molecule has 0 aliphatic rings. The molecule has 0 saturated carbocycles. The molecule has 0 atom stereocenters. The minimum absolute atomic E-state index is 0.139. The Hall–Kier alpha value is -1.65. The predicted molar refractivity (Wildman–Crippen MR) is 45.5 cm³/mol. The molecule has 5 nitrogen and oxygen atoms in total. The van der Waals surface area contributed by atoms with Crippen molar-refractivity contribution in [2.75, 3.05) is 12.8 Å². The van der Waals surface area contributed by atoms with Crippen molar-refractivity contribution in [2.24, 2.45) is 0 Å². The monoisotopic (exact) mass is 166 g/mol. The molecule has 0 aliphatic carbocycles. The summed E-state index contributed by atoms with van der Waals surface area (Å²) >= 11 is 0. The highest BCUT2D eigenvalue weighted by molar-refractivity contribution is 5.55. The molecule has 5 heteroatoms. The second-order valence-corrected chi connectivity index (χ2v) is 2.28. The maximum absolute atomic E-state index is 5.39. The average Bonchev–Trinajstić information content (AvgIpc) is 2.03. The Morgan fingerprint density at radius 1 is 1.42 bits per heavy atom. The summed E-state index contributed by atoms with van der Waals surface area (Å²) in [7, 11) is 1.47. The van der Waals surface area contributed by atoms with Crippen LogP contribution < -0.4 is 10.5 Å². The number of methoxy groups -OCH3 is 1. The zero-order chi connectivity index (χ0) is 9.14. The van der Waals surface area contributed by atoms with Crippen LogP contribution in [0.5, 0.6) is 6.01 Å². The van der Waals surface area contributed by atoms with Crippen molar-refractivity contribution >= 4 is 11.5 Å². The van der Waals surface area contributed by atoms with Crippen molar-refractivity contribution in [2.45, 2.75) is 6.92 Å². The molecule has 64 valence electrons. The van der Waals surface area contributed by atoms with Crippen molar-refractivity contribution in [3.05, 3.63) is 12.4 Å². The Kier molecular flexibility index (Phi) is 2.23. The van der Waals surface area contributed by atoms with Crippen molar-refractivity contribution in [3.63, 3.8) is 0 Å². The van der Waals surface area contributed by atoms with Gasteiger partial charge in [-0.1, -0.05) is 6.58 Å². The van der Waals surface area contributed by atoms with Gasteiger partial charge < -0.3 is 10.5 Å². The Morgan fingerprint density at radius 3 is 2.58 bits per heavy atom. The maximum atomic E-state index is 5.39. The van der Waals surface area contributed by atoms with Crippen molar-refractivity contribution in [1.29, 1.82) is 0 Å². The molecule has 0 aliphatic heterocycles. The topological polar surface area (TPSA) is 73.9 Å². The van der Waals surface area contributed by atoms with E-state index in [4.69, 9.17) is 10.5 Å². The lowest BCUT2D eigenvalue weighted by molar-refractivity contribution is 0.378. The molecule has 1 rings (SSSR count). The van der Waals surface area contributed by atoms with E-state index in [1.54, 1.807) is 6.92 Å². The van der Waals surface area contributed by atoms with Crippen LogP contribution in [0.1, 0.15) is 12.7 Å². The predicted octanol–water partition coefficient (Wildman–Crippen LogP) is 0.495. The first-order valence-corrected chi connectivity index (χ1v) is 3.35. The fourth-order valence-electron chi connectivity index (χ4n) is 0.654. The number of allylic oxidation sites excluding steroid dienone is 1. The minimum atomic E-state index is 0.139. The summed E-state index contributed by atoms with van der Waals surface area (Å²) < 4.78 is 4.80. The number of nitrogen functional groups attached to an aromatic ring is 1. The van der Waals surface area contributed by atoms with Gasteiger partial charge in [0.2, 0.25) is 5.95 Å². The number of rotatable bonds is 2. The molecular formula is C7H10N4O. The molecule has 1 aromatic rings. The third-order valence-electron chi connectivity index (χ3n) is 1.20. The van der Waals surface area contributed by atoms with Gasteiger partial charge in [-0.15, -0.1) is 0 Å². The van der Waals surface area contributed by atoms with Gasteiger partial charge in [-0.3, -0.25) is 0 Å². The van der Waals surface area contributed by atoms with Gasteiger partial charge in [-0.05, 0) is 12.5 Å². The summed E-state index contributed by atoms with van der Waals surface area (Å²) in [6, 6.07) is 0.209. The van der Waals surface area contributed by atoms with Gasteiger partial charge in [0.05, 0.1) is 7.11 Å². The first kappa shape index (κ1) is 8.45. The van der Waals surface area contributed by atoms with E-state index in [0.717, 1.165) is 5.57 Å². The average molecular weight is 166 g/mol. The highest BCUT2D eigenvalue weighted by Crippen LogP contribution is 2.10. The standard InChI is InChI=1S/C7H10N4O/c1-4(2)5-9-6(8)11-7(10-5)12-3/h1H2,2-3H3,(H2,8,9,10,11). The van der Waals surface area contributed by atoms with Crippen LogP contribution in [0.15, 0.2) is 6.58 Å². The molecule has 1 aromatic heterocycles. The zero-order valence-corrected chi connectivity index (χ0v) is 7.03. The van der Waals surface area contributed by atoms with E-state index in [9.17, 15) is 0 Å². The van der Waals surface area contributed by atoms with E-state index in [0.29, 0.717) is 5.82 Å². The fraction of sp³-hybridized carbons (Fsp3) is 0.286. The van der Waals surface area contributed by atoms with Gasteiger partial charge in [0.25, 0.3) is 0 Å². The Labute approximate surface area is 70.3 Å². The van der Waals surface area contributed by atoms with Gasteiger partial charge in [-0.25, -0.2) is 0 Å². The molecule has 0 bridgehead atoms. The third kappa shape index (κ3) is 1.69. The number of nitrogens with two attached hydrogens (primary N) is 1. The quantitative estimate of drug-likeness (QED) is 0.692. The van der Waals surface area contributed by atoms with Gasteiger partial charge in [0.15, 0.2) is 5.82 Å². The number of aromatic nitrogens is 3. The lowest BCUT2D eigenvalue weighted by Gasteiger charge is -2.01. The molecule has 0 unspecified atom stereocenters. The van der Waals surface area contributed by atoms with E-state index in [-0.39, 0.29) is 12.0 Å². The first-order valence-electron chi connectivity index (χ1n) is 3.35. The van der Waals surface area contributed by atoms with Crippen LogP contribution in [0.3, 0.4) is 0 Å². The van der Waals surface area contributed by atoms with Crippen LogP contribution in [0.4, 0.5) is 5.95 Å². The van der Waals surface area contributed by atoms with E-state index in [1.807, 2.05) is 0 Å². The van der Waals surface area contributed by atoms with Crippen molar-refractivity contribution < 1.29 is 4.74 Å². The van der Waals surface area contributed by atoms with Crippen LogP contribution in [0.25, 0.3) is 5.57 Å². The molecule has 1 heterocycles. The molecule has 0 radical (unpaired) electrons. The van der Waals surface area contributed by atoms with Gasteiger partial charge in [0.1, 0.15) is 0 Å². The van der Waals surface area contributed by atoms with Crippen molar-refractivity contribution in [1.82, 2.24) is 15.0 Å². The SMILES string of the molecule is C=C(C)c1nc(N)nc(OC)n1. The Bertz CT molecular complexity index is 310. The van der Waals surface area contributed by atoms with Crippen LogP contribution >= 0.6 is 0 Å². The van der Waals surface area contributed by atoms with E-state index >= 15 is 0 Å². The molecule has 0 aromatic carbocycles. The first-order chi connectivity index (χ1) is 5.63. The number of nitrogens with zero attached hydrogens (tertiary/aromatic N) is 3. The van der Waals surface area contributed by atoms with Crippen molar-refractivity contribution in [3.8, 4) is 6.01 Å². The fourth-order valence-corrected chi connectivity index (χ4v) is 0.654. The van der Waals surface area contributed by atoms with Crippen LogP contribution in [0.2, 0.25) is 0 Å². The minimum Gasteiger partial charge on any atom is -0.467 e. The summed E-state index contributed by atoms with van der Waals surface area (Å²) in [5, 5.41) is 0. The zero-order valence-electron chi connectivity index (χ0n) is 7.03. The summed E-state index contributed by atoms with van der Waals surface area (Å²) in [4.78, 5) is 11.5. The van der Waals surface area contributed by atoms with E-state index in [1.165, 1.54) is 7.11 Å². The Morgan fingerprint density at radius 2 is 2.08 bits per heavy atom. The summed E-state index contributed by atoms with van der Waals surface area (Å²) in [6.07, 6.45) is 0. The second-order valence-electron chi connectivity index (χ2n) is 2.28. The maximum Gasteiger partial charge on any atom is 0.321 e. The number of hydrogen-bond donors (Lipinski definition) is 1. The number of ether oxygens (including phenoxy) is 1. The van der Waals surface area contributed by atoms with E-state index in [2.05, 4.69) is 21.5 Å².